The van der Waals surface area contributed by atoms with Gasteiger partial charge in [-0.15, -0.1) is 0 Å². The molecule has 0 aromatic heterocycles. The summed E-state index contributed by atoms with van der Waals surface area (Å²) in [6.45, 7) is 7.17. The minimum Gasteiger partial charge on any atom is -0.380 e. The lowest BCUT2D eigenvalue weighted by Crippen LogP contribution is -2.25. The molecule has 0 fully saturated rings. The van der Waals surface area contributed by atoms with Crippen LogP contribution in [0.3, 0.4) is 0 Å². The van der Waals surface area contributed by atoms with Crippen molar-refractivity contribution in [2.24, 2.45) is 5.92 Å². The first-order chi connectivity index (χ1) is 3.68. The monoisotopic (exact) mass is 131 g/mol. The van der Waals surface area contributed by atoms with Crippen molar-refractivity contribution in [3.05, 3.63) is 0 Å². The van der Waals surface area contributed by atoms with E-state index in [9.17, 15) is 0 Å². The van der Waals surface area contributed by atoms with Crippen LogP contribution in [-0.4, -0.2) is 11.5 Å². The SMILES string of the molecule is CCNC(=S)C(C)C. The molecule has 0 amide bonds. The summed E-state index contributed by atoms with van der Waals surface area (Å²) in [6, 6.07) is 0. The van der Waals surface area contributed by atoms with Gasteiger partial charge in [-0.2, -0.15) is 0 Å². The maximum absolute atomic E-state index is 4.97. The van der Waals surface area contributed by atoms with E-state index in [-0.39, 0.29) is 0 Å². The smallest absolute Gasteiger partial charge is 0.0779 e. The summed E-state index contributed by atoms with van der Waals surface area (Å²) < 4.78 is 0. The van der Waals surface area contributed by atoms with E-state index < -0.39 is 0 Å². The Morgan fingerprint density at radius 1 is 1.62 bits per heavy atom. The highest BCUT2D eigenvalue weighted by Gasteiger charge is 1.97. The third-order valence-corrected chi connectivity index (χ3v) is 1.49. The van der Waals surface area contributed by atoms with Crippen LogP contribution in [0, 0.1) is 5.92 Å². The molecular weight excluding hydrogens is 118 g/mol. The highest BCUT2D eigenvalue weighted by atomic mass is 32.1. The Labute approximate surface area is 56.5 Å². The molecular formula is C6H13NS. The fourth-order valence-corrected chi connectivity index (χ4v) is 0.523. The normalized spacial score (nSPS) is 9.50. The topological polar surface area (TPSA) is 12.0 Å². The molecule has 0 aliphatic carbocycles. The number of nitrogens with one attached hydrogen (secondary N) is 1. The number of thiocarbonyl (C=S) groups is 1. The van der Waals surface area contributed by atoms with E-state index in [1.165, 1.54) is 0 Å². The quantitative estimate of drug-likeness (QED) is 0.571. The first-order valence-electron chi connectivity index (χ1n) is 2.96. The van der Waals surface area contributed by atoms with Gasteiger partial charge < -0.3 is 5.32 Å². The van der Waals surface area contributed by atoms with Crippen LogP contribution in [0.2, 0.25) is 0 Å². The molecule has 2 heteroatoms. The average molecular weight is 131 g/mol. The molecule has 0 rings (SSSR count). The number of hydrogen-bond acceptors (Lipinski definition) is 1. The third-order valence-electron chi connectivity index (χ3n) is 0.875. The highest BCUT2D eigenvalue weighted by Crippen LogP contribution is 1.91. The molecule has 0 radical (unpaired) electrons. The summed E-state index contributed by atoms with van der Waals surface area (Å²) >= 11 is 4.97. The molecule has 1 N–H and O–H groups in total. The van der Waals surface area contributed by atoms with E-state index in [0.717, 1.165) is 11.5 Å². The summed E-state index contributed by atoms with van der Waals surface area (Å²) in [5.41, 5.74) is 0. The Bertz CT molecular complexity index is 78.6. The fraction of sp³-hybridized carbons (Fsp3) is 0.833. The predicted molar refractivity (Wildman–Crippen MR) is 41.1 cm³/mol. The minimum atomic E-state index is 0.491. The molecule has 0 bridgehead atoms. The first-order valence-corrected chi connectivity index (χ1v) is 3.37. The van der Waals surface area contributed by atoms with Gasteiger partial charge in [-0.1, -0.05) is 26.1 Å². The molecule has 0 atom stereocenters. The van der Waals surface area contributed by atoms with Crippen molar-refractivity contribution in [3.63, 3.8) is 0 Å². The summed E-state index contributed by atoms with van der Waals surface area (Å²) in [7, 11) is 0. The predicted octanol–water partition coefficient (Wildman–Crippen LogP) is 1.58. The van der Waals surface area contributed by atoms with Gasteiger partial charge in [-0.25, -0.2) is 0 Å². The first kappa shape index (κ1) is 7.89. The lowest BCUT2D eigenvalue weighted by Gasteiger charge is -2.06. The summed E-state index contributed by atoms with van der Waals surface area (Å²) in [6.07, 6.45) is 0. The molecule has 0 aromatic carbocycles. The number of rotatable bonds is 2. The zero-order valence-corrected chi connectivity index (χ0v) is 6.51. The second kappa shape index (κ2) is 3.84. The second-order valence-electron chi connectivity index (χ2n) is 2.05. The average Bonchev–Trinajstić information content (AvgIpc) is 1.67. The van der Waals surface area contributed by atoms with Gasteiger partial charge in [0.15, 0.2) is 0 Å². The van der Waals surface area contributed by atoms with Crippen molar-refractivity contribution in [2.75, 3.05) is 6.54 Å². The van der Waals surface area contributed by atoms with Crippen molar-refractivity contribution >= 4 is 17.2 Å². The Hall–Kier alpha value is -0.110. The lowest BCUT2D eigenvalue weighted by atomic mass is 10.2. The van der Waals surface area contributed by atoms with Gasteiger partial charge in [0.25, 0.3) is 0 Å². The van der Waals surface area contributed by atoms with Crippen LogP contribution < -0.4 is 5.32 Å². The number of hydrogen-bond donors (Lipinski definition) is 1. The van der Waals surface area contributed by atoms with E-state index in [2.05, 4.69) is 26.1 Å². The molecule has 0 aliphatic rings. The maximum atomic E-state index is 4.97. The van der Waals surface area contributed by atoms with Gasteiger partial charge in [-0.3, -0.25) is 0 Å². The van der Waals surface area contributed by atoms with E-state index in [0.29, 0.717) is 5.92 Å². The van der Waals surface area contributed by atoms with Crippen molar-refractivity contribution in [2.45, 2.75) is 20.8 Å². The van der Waals surface area contributed by atoms with Crippen molar-refractivity contribution in [1.82, 2.24) is 5.32 Å². The molecule has 0 heterocycles. The third kappa shape index (κ3) is 2.97. The summed E-state index contributed by atoms with van der Waals surface area (Å²) in [5, 5.41) is 3.08. The van der Waals surface area contributed by atoms with Gasteiger partial charge in [-0.05, 0) is 6.92 Å². The highest BCUT2D eigenvalue weighted by molar-refractivity contribution is 7.80. The van der Waals surface area contributed by atoms with E-state index in [4.69, 9.17) is 12.2 Å². The zero-order chi connectivity index (χ0) is 6.57. The molecule has 0 aromatic rings. The Balaban J connectivity index is 3.33. The maximum Gasteiger partial charge on any atom is 0.0779 e. The van der Waals surface area contributed by atoms with Crippen LogP contribution in [-0.2, 0) is 0 Å². The molecule has 1 nitrogen and oxygen atoms in total. The Morgan fingerprint density at radius 3 is 2.25 bits per heavy atom. The lowest BCUT2D eigenvalue weighted by molar-refractivity contribution is 0.828. The van der Waals surface area contributed by atoms with Gasteiger partial charge in [0.05, 0.1) is 4.99 Å². The van der Waals surface area contributed by atoms with E-state index in [1.807, 2.05) is 0 Å². The van der Waals surface area contributed by atoms with Crippen LogP contribution >= 0.6 is 12.2 Å². The molecule has 0 aliphatic heterocycles. The van der Waals surface area contributed by atoms with Crippen LogP contribution in [0.15, 0.2) is 0 Å². The van der Waals surface area contributed by atoms with Crippen LogP contribution in [0.25, 0.3) is 0 Å². The summed E-state index contributed by atoms with van der Waals surface area (Å²) in [5.74, 6) is 0.491. The van der Waals surface area contributed by atoms with Gasteiger partial charge in [0.1, 0.15) is 0 Å². The largest absolute Gasteiger partial charge is 0.380 e. The van der Waals surface area contributed by atoms with Crippen molar-refractivity contribution in [1.29, 1.82) is 0 Å². The fourth-order valence-electron chi connectivity index (χ4n) is 0.378. The molecule has 0 saturated heterocycles. The standard InChI is InChI=1S/C6H13NS/c1-4-7-6(8)5(2)3/h5H,4H2,1-3H3,(H,7,8). The van der Waals surface area contributed by atoms with Crippen molar-refractivity contribution < 1.29 is 0 Å². The van der Waals surface area contributed by atoms with Gasteiger partial charge in [0, 0.05) is 12.5 Å². The molecule has 48 valence electrons. The van der Waals surface area contributed by atoms with E-state index >= 15 is 0 Å². The van der Waals surface area contributed by atoms with Crippen molar-refractivity contribution in [3.8, 4) is 0 Å². The summed E-state index contributed by atoms with van der Waals surface area (Å²) in [4.78, 5) is 0.965. The Morgan fingerprint density at radius 2 is 2.12 bits per heavy atom. The van der Waals surface area contributed by atoms with Crippen LogP contribution in [0.4, 0.5) is 0 Å². The van der Waals surface area contributed by atoms with Crippen LogP contribution in [0.1, 0.15) is 20.8 Å². The molecule has 0 spiro atoms. The molecule has 8 heavy (non-hydrogen) atoms. The van der Waals surface area contributed by atoms with Gasteiger partial charge in [0.2, 0.25) is 0 Å². The van der Waals surface area contributed by atoms with Gasteiger partial charge >= 0.3 is 0 Å². The molecule has 0 unspecified atom stereocenters. The van der Waals surface area contributed by atoms with E-state index in [1.54, 1.807) is 0 Å². The second-order valence-corrected chi connectivity index (χ2v) is 2.49. The van der Waals surface area contributed by atoms with Crippen LogP contribution in [0.5, 0.6) is 0 Å². The minimum absolute atomic E-state index is 0.491. The Kier molecular flexibility index (Phi) is 3.79. The zero-order valence-electron chi connectivity index (χ0n) is 5.69. The molecule has 0 saturated carbocycles.